The fourth-order valence-electron chi connectivity index (χ4n) is 1.06. The van der Waals surface area contributed by atoms with Gasteiger partial charge >= 0.3 is 6.18 Å². The summed E-state index contributed by atoms with van der Waals surface area (Å²) in [5, 5.41) is 26.0. The zero-order valence-electron chi connectivity index (χ0n) is 8.95. The molecular formula is C8H12F3N3O2S. The van der Waals surface area contributed by atoms with Gasteiger partial charge in [0.15, 0.2) is 0 Å². The van der Waals surface area contributed by atoms with Crippen molar-refractivity contribution in [2.24, 2.45) is 0 Å². The highest BCUT2D eigenvalue weighted by molar-refractivity contribution is 7.15. The highest BCUT2D eigenvalue weighted by Gasteiger charge is 2.36. The van der Waals surface area contributed by atoms with E-state index < -0.39 is 29.9 Å². The Labute approximate surface area is 99.3 Å². The van der Waals surface area contributed by atoms with Gasteiger partial charge in [-0.3, -0.25) is 0 Å². The van der Waals surface area contributed by atoms with Crippen LogP contribution >= 0.6 is 11.3 Å². The van der Waals surface area contributed by atoms with Crippen molar-refractivity contribution in [3.63, 3.8) is 0 Å². The number of aliphatic hydroxyl groups excluding tert-OH is 2. The second-order valence-corrected chi connectivity index (χ2v) is 4.46. The first-order chi connectivity index (χ1) is 7.87. The van der Waals surface area contributed by atoms with Crippen molar-refractivity contribution in [1.82, 2.24) is 10.2 Å². The van der Waals surface area contributed by atoms with Crippen molar-refractivity contribution < 1.29 is 23.4 Å². The third-order valence-electron chi connectivity index (χ3n) is 2.32. The summed E-state index contributed by atoms with van der Waals surface area (Å²) in [6.45, 7) is 0.854. The van der Waals surface area contributed by atoms with Crippen molar-refractivity contribution in [3.05, 3.63) is 5.01 Å². The molecule has 0 saturated heterocycles. The number of aromatic nitrogens is 2. The average Bonchev–Trinajstić information content (AvgIpc) is 2.74. The standard InChI is InChI=1S/C8H12F3N3O2S/c1-2-7(3-15,4-16)12-6-14-13-5(17-6)8(9,10)11/h15-16H,2-4H2,1H3,(H,12,14). The minimum absolute atomic E-state index is 0.0812. The van der Waals surface area contributed by atoms with Crippen LogP contribution in [0.4, 0.5) is 18.3 Å². The fourth-order valence-corrected chi connectivity index (χ4v) is 1.79. The van der Waals surface area contributed by atoms with Crippen molar-refractivity contribution in [2.75, 3.05) is 18.5 Å². The van der Waals surface area contributed by atoms with Gasteiger partial charge in [-0.1, -0.05) is 18.3 Å². The Morgan fingerprint density at radius 1 is 1.24 bits per heavy atom. The smallest absolute Gasteiger partial charge is 0.394 e. The van der Waals surface area contributed by atoms with Crippen LogP contribution in [-0.2, 0) is 6.18 Å². The molecule has 0 saturated carbocycles. The van der Waals surface area contributed by atoms with E-state index in [4.69, 9.17) is 10.2 Å². The number of halogens is 3. The predicted molar refractivity (Wildman–Crippen MR) is 55.7 cm³/mol. The first-order valence-corrected chi connectivity index (χ1v) is 5.59. The second kappa shape index (κ2) is 5.15. The highest BCUT2D eigenvalue weighted by Crippen LogP contribution is 2.34. The average molecular weight is 271 g/mol. The SMILES string of the molecule is CCC(CO)(CO)Nc1nnc(C(F)(F)F)s1. The quantitative estimate of drug-likeness (QED) is 0.747. The summed E-state index contributed by atoms with van der Waals surface area (Å²) in [5.41, 5.74) is -1.08. The van der Waals surface area contributed by atoms with E-state index in [0.29, 0.717) is 17.8 Å². The number of hydrogen-bond donors (Lipinski definition) is 3. The van der Waals surface area contributed by atoms with E-state index in [1.807, 2.05) is 0 Å². The molecule has 1 heterocycles. The molecule has 0 radical (unpaired) electrons. The van der Waals surface area contributed by atoms with Crippen LogP contribution in [0.15, 0.2) is 0 Å². The van der Waals surface area contributed by atoms with Gasteiger partial charge in [-0.2, -0.15) is 13.2 Å². The molecule has 98 valence electrons. The van der Waals surface area contributed by atoms with E-state index in [0.717, 1.165) is 0 Å². The summed E-state index contributed by atoms with van der Waals surface area (Å²) in [6, 6.07) is 0. The monoisotopic (exact) mass is 271 g/mol. The van der Waals surface area contributed by atoms with Crippen molar-refractivity contribution in [3.8, 4) is 0 Å². The van der Waals surface area contributed by atoms with E-state index in [1.165, 1.54) is 0 Å². The Kier molecular flexibility index (Phi) is 4.28. The van der Waals surface area contributed by atoms with Gasteiger partial charge in [0.05, 0.1) is 18.8 Å². The summed E-state index contributed by atoms with van der Waals surface area (Å²) in [5.74, 6) is 0. The molecule has 1 rings (SSSR count). The lowest BCUT2D eigenvalue weighted by Crippen LogP contribution is -2.45. The second-order valence-electron chi connectivity index (χ2n) is 3.49. The molecule has 0 aliphatic heterocycles. The summed E-state index contributed by atoms with van der Waals surface area (Å²) >= 11 is 0.332. The van der Waals surface area contributed by atoms with Gasteiger partial charge in [-0.25, -0.2) is 0 Å². The van der Waals surface area contributed by atoms with E-state index in [-0.39, 0.29) is 5.13 Å². The van der Waals surface area contributed by atoms with Crippen LogP contribution in [0.25, 0.3) is 0 Å². The molecule has 9 heteroatoms. The van der Waals surface area contributed by atoms with Gasteiger partial charge in [0.2, 0.25) is 10.1 Å². The Bertz CT molecular complexity index is 357. The maximum atomic E-state index is 12.3. The van der Waals surface area contributed by atoms with E-state index in [1.54, 1.807) is 6.92 Å². The largest absolute Gasteiger partial charge is 0.445 e. The number of anilines is 1. The number of nitrogens with zero attached hydrogens (tertiary/aromatic N) is 2. The van der Waals surface area contributed by atoms with Gasteiger partial charge in [0.1, 0.15) is 0 Å². The lowest BCUT2D eigenvalue weighted by atomic mass is 9.99. The van der Waals surface area contributed by atoms with Crippen LogP contribution in [-0.4, -0.2) is 39.2 Å². The first-order valence-electron chi connectivity index (χ1n) is 4.77. The first kappa shape index (κ1) is 14.1. The Morgan fingerprint density at radius 3 is 2.18 bits per heavy atom. The number of aliphatic hydroxyl groups is 2. The summed E-state index contributed by atoms with van der Waals surface area (Å²) in [6.07, 6.45) is -4.20. The topological polar surface area (TPSA) is 78.3 Å². The molecule has 0 bridgehead atoms. The zero-order valence-corrected chi connectivity index (χ0v) is 9.77. The van der Waals surface area contributed by atoms with Crippen LogP contribution in [0.5, 0.6) is 0 Å². The molecule has 0 fully saturated rings. The predicted octanol–water partition coefficient (Wildman–Crippen LogP) is 1.10. The number of alkyl halides is 3. The van der Waals surface area contributed by atoms with E-state index in [2.05, 4.69) is 15.5 Å². The number of nitrogens with one attached hydrogen (secondary N) is 1. The maximum Gasteiger partial charge on any atom is 0.445 e. The third-order valence-corrected chi connectivity index (χ3v) is 3.21. The molecule has 5 nitrogen and oxygen atoms in total. The minimum Gasteiger partial charge on any atom is -0.394 e. The molecule has 0 amide bonds. The van der Waals surface area contributed by atoms with Crippen LogP contribution < -0.4 is 5.32 Å². The van der Waals surface area contributed by atoms with Gasteiger partial charge < -0.3 is 15.5 Å². The molecular weight excluding hydrogens is 259 g/mol. The molecule has 1 aromatic rings. The van der Waals surface area contributed by atoms with E-state index in [9.17, 15) is 13.2 Å². The highest BCUT2D eigenvalue weighted by atomic mass is 32.1. The Hall–Kier alpha value is -0.930. The van der Waals surface area contributed by atoms with Crippen molar-refractivity contribution >= 4 is 16.5 Å². The molecule has 0 aliphatic carbocycles. The van der Waals surface area contributed by atoms with Crippen LogP contribution in [0.1, 0.15) is 18.4 Å². The zero-order chi connectivity index (χ0) is 13.1. The van der Waals surface area contributed by atoms with E-state index >= 15 is 0 Å². The molecule has 0 aliphatic rings. The molecule has 0 aromatic carbocycles. The summed E-state index contributed by atoms with van der Waals surface area (Å²) < 4.78 is 36.8. The van der Waals surface area contributed by atoms with Crippen LogP contribution in [0.2, 0.25) is 0 Å². The fraction of sp³-hybridized carbons (Fsp3) is 0.750. The molecule has 0 atom stereocenters. The summed E-state index contributed by atoms with van der Waals surface area (Å²) in [4.78, 5) is 0. The van der Waals surface area contributed by atoms with Crippen molar-refractivity contribution in [2.45, 2.75) is 25.1 Å². The van der Waals surface area contributed by atoms with Crippen LogP contribution in [0.3, 0.4) is 0 Å². The number of hydrogen-bond acceptors (Lipinski definition) is 6. The molecule has 0 unspecified atom stereocenters. The number of rotatable bonds is 5. The van der Waals surface area contributed by atoms with Gasteiger partial charge in [-0.05, 0) is 6.42 Å². The molecule has 0 spiro atoms. The normalized spacial score (nSPS) is 12.8. The van der Waals surface area contributed by atoms with Crippen molar-refractivity contribution in [1.29, 1.82) is 0 Å². The maximum absolute atomic E-state index is 12.3. The minimum atomic E-state index is -4.54. The summed E-state index contributed by atoms with van der Waals surface area (Å²) in [7, 11) is 0. The van der Waals surface area contributed by atoms with Gasteiger partial charge in [-0.15, -0.1) is 10.2 Å². The lowest BCUT2D eigenvalue weighted by Gasteiger charge is -2.28. The Balaban J connectivity index is 2.85. The Morgan fingerprint density at radius 2 is 1.82 bits per heavy atom. The molecule has 3 N–H and O–H groups in total. The molecule has 1 aromatic heterocycles. The lowest BCUT2D eigenvalue weighted by molar-refractivity contribution is -0.138. The van der Waals surface area contributed by atoms with Gasteiger partial charge in [0.25, 0.3) is 0 Å². The van der Waals surface area contributed by atoms with Crippen LogP contribution in [0, 0.1) is 0 Å². The third kappa shape index (κ3) is 3.27. The molecule has 17 heavy (non-hydrogen) atoms. The van der Waals surface area contributed by atoms with Gasteiger partial charge in [0, 0.05) is 0 Å².